The molecule has 24 heavy (non-hydrogen) atoms. The van der Waals surface area contributed by atoms with Gasteiger partial charge < -0.3 is 14.9 Å². The van der Waals surface area contributed by atoms with Crippen molar-refractivity contribution >= 4 is 0 Å². The minimum Gasteiger partial charge on any atom is -0.506 e. The van der Waals surface area contributed by atoms with Crippen LogP contribution in [0.2, 0.25) is 0 Å². The van der Waals surface area contributed by atoms with E-state index in [1.165, 1.54) is 18.2 Å². The quantitative estimate of drug-likeness (QED) is 0.897. The van der Waals surface area contributed by atoms with Crippen LogP contribution in [0.1, 0.15) is 24.1 Å². The van der Waals surface area contributed by atoms with Crippen molar-refractivity contribution in [3.05, 3.63) is 53.9 Å². The highest BCUT2D eigenvalue weighted by atomic mass is 19.4. The Balaban J connectivity index is 1.84. The molecular weight excluding hydrogens is 323 g/mol. The van der Waals surface area contributed by atoms with Crippen molar-refractivity contribution in [2.24, 2.45) is 0 Å². The average molecular weight is 339 g/mol. The molecule has 0 unspecified atom stereocenters. The number of aliphatic hydroxyl groups is 1. The van der Waals surface area contributed by atoms with E-state index in [4.69, 9.17) is 0 Å². The van der Waals surface area contributed by atoms with E-state index >= 15 is 0 Å². The zero-order valence-corrected chi connectivity index (χ0v) is 12.6. The van der Waals surface area contributed by atoms with E-state index in [2.05, 4.69) is 9.72 Å². The number of aromatic hydroxyl groups is 1. The largest absolute Gasteiger partial charge is 0.573 e. The number of pyridine rings is 1. The first kappa shape index (κ1) is 16.6. The lowest BCUT2D eigenvalue weighted by atomic mass is 9.60. The maximum atomic E-state index is 12.2. The third-order valence-electron chi connectivity index (χ3n) is 4.33. The fourth-order valence-corrected chi connectivity index (χ4v) is 3.22. The number of rotatable bonds is 4. The van der Waals surface area contributed by atoms with Gasteiger partial charge in [-0.15, -0.1) is 13.2 Å². The highest BCUT2D eigenvalue weighted by Gasteiger charge is 2.45. The van der Waals surface area contributed by atoms with Crippen LogP contribution in [0.25, 0.3) is 0 Å². The molecule has 2 N–H and O–H groups in total. The maximum absolute atomic E-state index is 12.2. The van der Waals surface area contributed by atoms with E-state index < -0.39 is 17.9 Å². The second kappa shape index (κ2) is 5.98. The molecule has 1 aliphatic rings. The number of hydrogen-bond acceptors (Lipinski definition) is 4. The van der Waals surface area contributed by atoms with E-state index in [9.17, 15) is 23.4 Å². The molecule has 3 rings (SSSR count). The van der Waals surface area contributed by atoms with Gasteiger partial charge in [-0.3, -0.25) is 4.98 Å². The highest BCUT2D eigenvalue weighted by Crippen LogP contribution is 2.47. The molecule has 0 bridgehead atoms. The van der Waals surface area contributed by atoms with Crippen molar-refractivity contribution in [3.8, 4) is 11.5 Å². The fourth-order valence-electron chi connectivity index (χ4n) is 3.22. The molecule has 1 heterocycles. The molecule has 4 nitrogen and oxygen atoms in total. The standard InChI is InChI=1S/C17H16F3NO3/c18-17(19,20)24-13-5-3-11(4-6-13)16(8-12(22)9-16)10-14-15(23)2-1-7-21-14/h1-7,12,22-23H,8-10H2. The monoisotopic (exact) mass is 339 g/mol. The molecule has 1 aromatic heterocycles. The van der Waals surface area contributed by atoms with E-state index in [1.807, 2.05) is 0 Å². The van der Waals surface area contributed by atoms with Gasteiger partial charge in [0.05, 0.1) is 11.8 Å². The molecule has 1 saturated carbocycles. The summed E-state index contributed by atoms with van der Waals surface area (Å²) < 4.78 is 40.6. The molecule has 2 aromatic rings. The van der Waals surface area contributed by atoms with Gasteiger partial charge in [-0.1, -0.05) is 12.1 Å². The SMILES string of the molecule is Oc1cccnc1CC1(c2ccc(OC(F)(F)F)cc2)CC(O)C1. The third kappa shape index (κ3) is 3.46. The Bertz CT molecular complexity index is 710. The van der Waals surface area contributed by atoms with E-state index in [0.717, 1.165) is 5.56 Å². The number of benzene rings is 1. The van der Waals surface area contributed by atoms with Crippen LogP contribution in [0.15, 0.2) is 42.6 Å². The van der Waals surface area contributed by atoms with Crippen molar-refractivity contribution in [2.45, 2.75) is 37.1 Å². The fraction of sp³-hybridized carbons (Fsp3) is 0.353. The summed E-state index contributed by atoms with van der Waals surface area (Å²) >= 11 is 0. The van der Waals surface area contributed by atoms with Gasteiger partial charge in [0.2, 0.25) is 0 Å². The lowest BCUT2D eigenvalue weighted by Crippen LogP contribution is -2.46. The second-order valence-electron chi connectivity index (χ2n) is 6.06. The average Bonchev–Trinajstić information content (AvgIpc) is 2.47. The van der Waals surface area contributed by atoms with E-state index in [-0.39, 0.29) is 11.5 Å². The van der Waals surface area contributed by atoms with Gasteiger partial charge in [0.1, 0.15) is 11.5 Å². The summed E-state index contributed by atoms with van der Waals surface area (Å²) in [5.41, 5.74) is 0.828. The molecule has 1 aliphatic carbocycles. The molecule has 0 radical (unpaired) electrons. The zero-order chi connectivity index (χ0) is 17.4. The molecule has 1 aromatic carbocycles. The lowest BCUT2D eigenvalue weighted by Gasteiger charge is -2.46. The molecule has 0 amide bonds. The number of alkyl halides is 3. The van der Waals surface area contributed by atoms with Gasteiger partial charge >= 0.3 is 6.36 Å². The Morgan fingerprint density at radius 1 is 1.17 bits per heavy atom. The van der Waals surface area contributed by atoms with Gasteiger partial charge in [0.15, 0.2) is 0 Å². The Hall–Kier alpha value is -2.28. The van der Waals surface area contributed by atoms with Crippen LogP contribution in [-0.2, 0) is 11.8 Å². The summed E-state index contributed by atoms with van der Waals surface area (Å²) in [5, 5.41) is 19.7. The van der Waals surface area contributed by atoms with Crippen LogP contribution in [0, 0.1) is 0 Å². The minimum absolute atomic E-state index is 0.0651. The van der Waals surface area contributed by atoms with Gasteiger partial charge in [0.25, 0.3) is 0 Å². The van der Waals surface area contributed by atoms with Crippen LogP contribution in [-0.4, -0.2) is 27.7 Å². The lowest BCUT2D eigenvalue weighted by molar-refractivity contribution is -0.274. The summed E-state index contributed by atoms with van der Waals surface area (Å²) in [7, 11) is 0. The first-order valence-corrected chi connectivity index (χ1v) is 7.45. The number of nitrogens with zero attached hydrogens (tertiary/aromatic N) is 1. The van der Waals surface area contributed by atoms with Crippen LogP contribution in [0.4, 0.5) is 13.2 Å². The Morgan fingerprint density at radius 3 is 2.38 bits per heavy atom. The van der Waals surface area contributed by atoms with E-state index in [0.29, 0.717) is 25.0 Å². The number of aromatic nitrogens is 1. The van der Waals surface area contributed by atoms with E-state index in [1.54, 1.807) is 24.4 Å². The van der Waals surface area contributed by atoms with Gasteiger partial charge in [-0.2, -0.15) is 0 Å². The van der Waals surface area contributed by atoms with Crippen LogP contribution in [0.3, 0.4) is 0 Å². The summed E-state index contributed by atoms with van der Waals surface area (Å²) in [6, 6.07) is 8.79. The summed E-state index contributed by atoms with van der Waals surface area (Å²) in [4.78, 5) is 4.16. The van der Waals surface area contributed by atoms with Crippen molar-refractivity contribution in [2.75, 3.05) is 0 Å². The van der Waals surface area contributed by atoms with Gasteiger partial charge in [-0.05, 0) is 42.7 Å². The highest BCUT2D eigenvalue weighted by molar-refractivity contribution is 5.38. The Labute approximate surface area is 136 Å². The molecule has 128 valence electrons. The normalized spacial score (nSPS) is 23.6. The Morgan fingerprint density at radius 2 is 1.83 bits per heavy atom. The van der Waals surface area contributed by atoms with Crippen molar-refractivity contribution in [1.29, 1.82) is 0 Å². The molecule has 0 saturated heterocycles. The summed E-state index contributed by atoms with van der Waals surface area (Å²) in [5.74, 6) is -0.225. The third-order valence-corrected chi connectivity index (χ3v) is 4.33. The number of halogens is 3. The minimum atomic E-state index is -4.73. The van der Waals surface area contributed by atoms with Crippen molar-refractivity contribution in [1.82, 2.24) is 4.98 Å². The Kier molecular flexibility index (Phi) is 4.13. The van der Waals surface area contributed by atoms with Crippen LogP contribution < -0.4 is 4.74 Å². The van der Waals surface area contributed by atoms with Crippen LogP contribution >= 0.6 is 0 Å². The second-order valence-corrected chi connectivity index (χ2v) is 6.06. The number of aliphatic hydroxyl groups excluding tert-OH is 1. The zero-order valence-electron chi connectivity index (χ0n) is 12.6. The number of ether oxygens (including phenoxy) is 1. The van der Waals surface area contributed by atoms with Gasteiger partial charge in [-0.25, -0.2) is 0 Å². The van der Waals surface area contributed by atoms with Crippen molar-refractivity contribution < 1.29 is 28.1 Å². The summed E-state index contributed by atoms with van der Waals surface area (Å²) in [6.45, 7) is 0. The molecule has 1 fully saturated rings. The molecule has 0 aliphatic heterocycles. The van der Waals surface area contributed by atoms with Crippen molar-refractivity contribution in [3.63, 3.8) is 0 Å². The van der Waals surface area contributed by atoms with Crippen LogP contribution in [0.5, 0.6) is 11.5 Å². The number of hydrogen-bond donors (Lipinski definition) is 2. The molecular formula is C17H16F3NO3. The topological polar surface area (TPSA) is 62.6 Å². The maximum Gasteiger partial charge on any atom is 0.573 e. The molecule has 0 spiro atoms. The molecule has 0 atom stereocenters. The summed E-state index contributed by atoms with van der Waals surface area (Å²) in [6.07, 6.45) is -2.31. The van der Waals surface area contributed by atoms with Gasteiger partial charge in [0, 0.05) is 18.0 Å². The predicted octanol–water partition coefficient (Wildman–Crippen LogP) is 3.32. The smallest absolute Gasteiger partial charge is 0.506 e. The first-order chi connectivity index (χ1) is 11.3. The predicted molar refractivity (Wildman–Crippen MR) is 79.6 cm³/mol. The molecule has 7 heteroatoms. The first-order valence-electron chi connectivity index (χ1n) is 7.45.